The summed E-state index contributed by atoms with van der Waals surface area (Å²) in [5, 5.41) is 26.2. The highest BCUT2D eigenvalue weighted by Gasteiger charge is 2.26. The number of rotatable bonds is 4. The molecule has 3 rings (SSSR count). The molecular formula is C15H9ClN4O4. The minimum absolute atomic E-state index is 0.0727. The van der Waals surface area contributed by atoms with E-state index in [0.29, 0.717) is 10.7 Å². The Morgan fingerprint density at radius 1 is 1.00 bits per heavy atom. The van der Waals surface area contributed by atoms with Crippen LogP contribution in [0.1, 0.15) is 0 Å². The molecule has 120 valence electrons. The number of pyridine rings is 1. The first-order valence-electron chi connectivity index (χ1n) is 6.70. The van der Waals surface area contributed by atoms with Gasteiger partial charge in [0, 0.05) is 16.9 Å². The molecule has 0 bridgehead atoms. The third-order valence-electron chi connectivity index (χ3n) is 3.34. The average Bonchev–Trinajstić information content (AvgIpc) is 2.54. The molecule has 0 unspecified atom stereocenters. The van der Waals surface area contributed by atoms with Gasteiger partial charge in [-0.2, -0.15) is 0 Å². The Morgan fingerprint density at radius 3 is 2.42 bits per heavy atom. The zero-order valence-corrected chi connectivity index (χ0v) is 12.7. The summed E-state index contributed by atoms with van der Waals surface area (Å²) in [5.41, 5.74) is -0.0948. The standard InChI is InChI=1S/C15H9ClN4O4/c16-9-3-1-4-10(7-9)18-15-13(20(23)24)8-12(19(21)22)11-5-2-6-17-14(11)15/h1-8,18H. The lowest BCUT2D eigenvalue weighted by atomic mass is 10.1. The Bertz CT molecular complexity index is 977. The van der Waals surface area contributed by atoms with E-state index >= 15 is 0 Å². The number of nitrogens with one attached hydrogen (secondary N) is 1. The number of fused-ring (bicyclic) bond motifs is 1. The summed E-state index contributed by atoms with van der Waals surface area (Å²) >= 11 is 5.92. The van der Waals surface area contributed by atoms with Gasteiger partial charge in [0.1, 0.15) is 11.2 Å². The molecule has 0 saturated carbocycles. The number of benzene rings is 2. The number of nitro groups is 2. The highest BCUT2D eigenvalue weighted by Crippen LogP contribution is 2.39. The highest BCUT2D eigenvalue weighted by atomic mass is 35.5. The molecule has 0 saturated heterocycles. The Kier molecular flexibility index (Phi) is 3.97. The van der Waals surface area contributed by atoms with Crippen LogP contribution in [0.4, 0.5) is 22.7 Å². The van der Waals surface area contributed by atoms with Gasteiger partial charge in [0.15, 0.2) is 0 Å². The van der Waals surface area contributed by atoms with Crippen LogP contribution >= 0.6 is 11.6 Å². The van der Waals surface area contributed by atoms with E-state index in [4.69, 9.17) is 11.6 Å². The van der Waals surface area contributed by atoms with Gasteiger partial charge < -0.3 is 5.32 Å². The van der Waals surface area contributed by atoms with Crippen LogP contribution in [0.25, 0.3) is 10.9 Å². The zero-order valence-electron chi connectivity index (χ0n) is 12.0. The smallest absolute Gasteiger partial charge is 0.301 e. The molecule has 1 heterocycles. The molecule has 1 aromatic heterocycles. The minimum Gasteiger partial charge on any atom is -0.348 e. The Hall–Kier alpha value is -3.26. The van der Waals surface area contributed by atoms with E-state index < -0.39 is 15.5 Å². The van der Waals surface area contributed by atoms with E-state index in [9.17, 15) is 20.2 Å². The Balaban J connectivity index is 2.29. The maximum Gasteiger partial charge on any atom is 0.301 e. The van der Waals surface area contributed by atoms with Gasteiger partial charge in [-0.25, -0.2) is 0 Å². The van der Waals surface area contributed by atoms with Gasteiger partial charge >= 0.3 is 5.69 Å². The first-order chi connectivity index (χ1) is 11.5. The van der Waals surface area contributed by atoms with E-state index in [1.807, 2.05) is 0 Å². The van der Waals surface area contributed by atoms with Crippen LogP contribution in [-0.4, -0.2) is 14.8 Å². The number of halogens is 1. The molecule has 24 heavy (non-hydrogen) atoms. The highest BCUT2D eigenvalue weighted by molar-refractivity contribution is 6.30. The van der Waals surface area contributed by atoms with E-state index in [1.54, 1.807) is 24.3 Å². The fourth-order valence-corrected chi connectivity index (χ4v) is 2.53. The second-order valence-electron chi connectivity index (χ2n) is 4.84. The van der Waals surface area contributed by atoms with Crippen molar-refractivity contribution < 1.29 is 9.85 Å². The summed E-state index contributed by atoms with van der Waals surface area (Å²) in [6, 6.07) is 10.5. The number of non-ortho nitro benzene ring substituents is 1. The lowest BCUT2D eigenvalue weighted by molar-refractivity contribution is -0.392. The lowest BCUT2D eigenvalue weighted by Gasteiger charge is -2.10. The van der Waals surface area contributed by atoms with E-state index in [2.05, 4.69) is 10.3 Å². The van der Waals surface area contributed by atoms with Crippen molar-refractivity contribution in [3.05, 3.63) is 73.9 Å². The van der Waals surface area contributed by atoms with Crippen molar-refractivity contribution in [1.82, 2.24) is 4.98 Å². The number of aromatic nitrogens is 1. The number of anilines is 2. The van der Waals surface area contributed by atoms with Gasteiger partial charge in [-0.05, 0) is 30.3 Å². The molecule has 8 nitrogen and oxygen atoms in total. The van der Waals surface area contributed by atoms with Crippen molar-refractivity contribution in [1.29, 1.82) is 0 Å². The summed E-state index contributed by atoms with van der Waals surface area (Å²) in [5.74, 6) is 0. The van der Waals surface area contributed by atoms with Crippen LogP contribution in [0.15, 0.2) is 48.7 Å². The zero-order chi connectivity index (χ0) is 17.3. The van der Waals surface area contributed by atoms with Gasteiger partial charge in [-0.3, -0.25) is 25.2 Å². The van der Waals surface area contributed by atoms with Crippen molar-refractivity contribution in [2.75, 3.05) is 5.32 Å². The summed E-state index contributed by atoms with van der Waals surface area (Å²) in [7, 11) is 0. The molecule has 0 aliphatic rings. The number of hydrogen-bond donors (Lipinski definition) is 1. The predicted octanol–water partition coefficient (Wildman–Crippen LogP) is 4.45. The van der Waals surface area contributed by atoms with E-state index in [1.165, 1.54) is 18.3 Å². The molecule has 0 amide bonds. The molecule has 0 spiro atoms. The van der Waals surface area contributed by atoms with E-state index in [-0.39, 0.29) is 22.3 Å². The summed E-state index contributed by atoms with van der Waals surface area (Å²) < 4.78 is 0. The SMILES string of the molecule is O=[N+]([O-])c1cc([N+](=O)[O-])c2cccnc2c1Nc1cccc(Cl)c1. The molecular weight excluding hydrogens is 336 g/mol. The van der Waals surface area contributed by atoms with Gasteiger partial charge in [-0.15, -0.1) is 0 Å². The van der Waals surface area contributed by atoms with Crippen molar-refractivity contribution in [3.63, 3.8) is 0 Å². The summed E-state index contributed by atoms with van der Waals surface area (Å²) in [6.07, 6.45) is 1.42. The predicted molar refractivity (Wildman–Crippen MR) is 89.8 cm³/mol. The van der Waals surface area contributed by atoms with Crippen LogP contribution in [-0.2, 0) is 0 Å². The van der Waals surface area contributed by atoms with Crippen molar-refractivity contribution in [3.8, 4) is 0 Å². The van der Waals surface area contributed by atoms with Crippen molar-refractivity contribution >= 4 is 45.3 Å². The van der Waals surface area contributed by atoms with Gasteiger partial charge in [0.25, 0.3) is 5.69 Å². The van der Waals surface area contributed by atoms with Crippen LogP contribution in [0, 0.1) is 20.2 Å². The molecule has 0 radical (unpaired) electrons. The maximum absolute atomic E-state index is 11.4. The van der Waals surface area contributed by atoms with Crippen molar-refractivity contribution in [2.24, 2.45) is 0 Å². The fourth-order valence-electron chi connectivity index (χ4n) is 2.34. The number of hydrogen-bond acceptors (Lipinski definition) is 6. The largest absolute Gasteiger partial charge is 0.348 e. The van der Waals surface area contributed by atoms with Crippen LogP contribution in [0.3, 0.4) is 0 Å². The molecule has 3 aromatic rings. The van der Waals surface area contributed by atoms with Crippen LogP contribution < -0.4 is 5.32 Å². The molecule has 0 atom stereocenters. The van der Waals surface area contributed by atoms with Gasteiger partial charge in [0.2, 0.25) is 0 Å². The topological polar surface area (TPSA) is 111 Å². The molecule has 0 fully saturated rings. The minimum atomic E-state index is -0.687. The maximum atomic E-state index is 11.4. The van der Waals surface area contributed by atoms with Gasteiger partial charge in [0.05, 0.1) is 21.3 Å². The third-order valence-corrected chi connectivity index (χ3v) is 3.57. The average molecular weight is 345 g/mol. The van der Waals surface area contributed by atoms with Crippen LogP contribution in [0.5, 0.6) is 0 Å². The quantitative estimate of drug-likeness (QED) is 0.552. The fraction of sp³-hybridized carbons (Fsp3) is 0. The molecule has 1 N–H and O–H groups in total. The lowest BCUT2D eigenvalue weighted by Crippen LogP contribution is -2.01. The molecule has 0 aliphatic carbocycles. The summed E-state index contributed by atoms with van der Waals surface area (Å²) in [6.45, 7) is 0. The normalized spacial score (nSPS) is 10.5. The van der Waals surface area contributed by atoms with Gasteiger partial charge in [-0.1, -0.05) is 17.7 Å². The van der Waals surface area contributed by atoms with E-state index in [0.717, 1.165) is 6.07 Å². The summed E-state index contributed by atoms with van der Waals surface area (Å²) in [4.78, 5) is 25.3. The Morgan fingerprint density at radius 2 is 1.75 bits per heavy atom. The monoisotopic (exact) mass is 344 g/mol. The van der Waals surface area contributed by atoms with Crippen molar-refractivity contribution in [2.45, 2.75) is 0 Å². The first-order valence-corrected chi connectivity index (χ1v) is 7.08. The molecule has 0 aliphatic heterocycles. The Labute approximate surface area is 140 Å². The number of nitro benzene ring substituents is 2. The second kappa shape index (κ2) is 6.09. The molecule has 2 aromatic carbocycles. The third kappa shape index (κ3) is 2.82. The number of nitrogens with zero attached hydrogens (tertiary/aromatic N) is 3. The first kappa shape index (κ1) is 15.6. The second-order valence-corrected chi connectivity index (χ2v) is 5.28. The molecule has 9 heteroatoms. The van der Waals surface area contributed by atoms with Crippen LogP contribution in [0.2, 0.25) is 5.02 Å².